The number of hydrogen-bond acceptors (Lipinski definition) is 4. The Balaban J connectivity index is 2.47. The molecule has 0 aromatic heterocycles. The van der Waals surface area contributed by atoms with E-state index in [0.29, 0.717) is 5.69 Å². The SMILES string of the molecule is Cc1cc(C)c(NS(=O)(=O)c2cccc([SH](=O)=O)c2)c(C)c1. The van der Waals surface area contributed by atoms with Crippen molar-refractivity contribution in [2.24, 2.45) is 0 Å². The van der Waals surface area contributed by atoms with Crippen LogP contribution in [0.2, 0.25) is 0 Å². The molecule has 7 heteroatoms. The largest absolute Gasteiger partial charge is 0.279 e. The summed E-state index contributed by atoms with van der Waals surface area (Å²) in [5.74, 6) is 0. The molecule has 0 atom stereocenters. The second-order valence-corrected chi connectivity index (χ2v) is 7.85. The molecule has 2 aromatic rings. The molecule has 0 heterocycles. The molecule has 22 heavy (non-hydrogen) atoms. The first-order valence-electron chi connectivity index (χ1n) is 6.56. The molecule has 0 saturated heterocycles. The third-order valence-electron chi connectivity index (χ3n) is 3.25. The van der Waals surface area contributed by atoms with E-state index in [1.54, 1.807) is 0 Å². The molecule has 2 rings (SSSR count). The zero-order valence-electron chi connectivity index (χ0n) is 12.5. The third kappa shape index (κ3) is 3.48. The van der Waals surface area contributed by atoms with Crippen LogP contribution < -0.4 is 4.72 Å². The highest BCUT2D eigenvalue weighted by molar-refractivity contribution is 7.92. The van der Waals surface area contributed by atoms with Gasteiger partial charge in [0.05, 0.1) is 15.5 Å². The molecule has 2 aromatic carbocycles. The summed E-state index contributed by atoms with van der Waals surface area (Å²) in [6.07, 6.45) is 0. The zero-order chi connectivity index (χ0) is 16.5. The van der Waals surface area contributed by atoms with Crippen LogP contribution in [0.4, 0.5) is 5.69 Å². The van der Waals surface area contributed by atoms with Crippen molar-refractivity contribution in [1.82, 2.24) is 0 Å². The maximum Gasteiger partial charge on any atom is 0.261 e. The number of hydrogen-bond donors (Lipinski definition) is 2. The van der Waals surface area contributed by atoms with Crippen LogP contribution in [0.15, 0.2) is 46.2 Å². The van der Waals surface area contributed by atoms with Gasteiger partial charge in [-0.25, -0.2) is 16.8 Å². The van der Waals surface area contributed by atoms with E-state index < -0.39 is 20.7 Å². The van der Waals surface area contributed by atoms with Crippen LogP contribution in [0.1, 0.15) is 16.7 Å². The zero-order valence-corrected chi connectivity index (χ0v) is 14.2. The molecule has 0 aliphatic heterocycles. The number of anilines is 1. The van der Waals surface area contributed by atoms with Crippen LogP contribution in [0, 0.1) is 20.8 Å². The molecule has 5 nitrogen and oxygen atoms in total. The Kier molecular flexibility index (Phi) is 4.58. The van der Waals surface area contributed by atoms with Gasteiger partial charge in [0.25, 0.3) is 10.0 Å². The topological polar surface area (TPSA) is 80.3 Å². The molecule has 0 saturated carbocycles. The smallest absolute Gasteiger partial charge is 0.261 e. The van der Waals surface area contributed by atoms with E-state index in [2.05, 4.69) is 4.72 Å². The Morgan fingerprint density at radius 1 is 0.955 bits per heavy atom. The van der Waals surface area contributed by atoms with Gasteiger partial charge in [-0.3, -0.25) is 4.72 Å². The second kappa shape index (κ2) is 6.10. The molecule has 1 N–H and O–H groups in total. The standard InChI is InChI=1S/C15H17NO4S2/c1-10-7-11(2)15(12(3)8-10)16-22(19,20)14-6-4-5-13(9-14)21(17)18/h4-9,16,21H,1-3H3. The highest BCUT2D eigenvalue weighted by atomic mass is 32.2. The molecule has 0 aliphatic carbocycles. The van der Waals surface area contributed by atoms with Crippen LogP contribution in [-0.2, 0) is 20.7 Å². The Bertz CT molecular complexity index is 869. The molecular formula is C15H17NO4S2. The predicted molar refractivity (Wildman–Crippen MR) is 86.5 cm³/mol. The Morgan fingerprint density at radius 3 is 2.09 bits per heavy atom. The number of rotatable bonds is 4. The Labute approximate surface area is 132 Å². The van der Waals surface area contributed by atoms with E-state index in [-0.39, 0.29) is 9.79 Å². The van der Waals surface area contributed by atoms with Gasteiger partial charge in [0.1, 0.15) is 0 Å². The average molecular weight is 339 g/mol. The van der Waals surface area contributed by atoms with Crippen LogP contribution in [0.25, 0.3) is 0 Å². The Hall–Kier alpha value is -1.86. The summed E-state index contributed by atoms with van der Waals surface area (Å²) in [5.41, 5.74) is 3.19. The summed E-state index contributed by atoms with van der Waals surface area (Å²) in [6, 6.07) is 9.04. The van der Waals surface area contributed by atoms with Crippen molar-refractivity contribution in [3.05, 3.63) is 53.1 Å². The first-order chi connectivity index (χ1) is 10.2. The fraction of sp³-hybridized carbons (Fsp3) is 0.200. The lowest BCUT2D eigenvalue weighted by molar-refractivity contribution is 0.600. The van der Waals surface area contributed by atoms with E-state index in [9.17, 15) is 16.8 Å². The predicted octanol–water partition coefficient (Wildman–Crippen LogP) is 2.38. The van der Waals surface area contributed by atoms with Crippen LogP contribution >= 0.6 is 0 Å². The van der Waals surface area contributed by atoms with Gasteiger partial charge in [0.2, 0.25) is 0 Å². The molecular weight excluding hydrogens is 322 g/mol. The van der Waals surface area contributed by atoms with Gasteiger partial charge in [-0.15, -0.1) is 0 Å². The van der Waals surface area contributed by atoms with E-state index in [1.807, 2.05) is 32.9 Å². The highest BCUT2D eigenvalue weighted by Crippen LogP contribution is 2.25. The molecule has 0 amide bonds. The van der Waals surface area contributed by atoms with Crippen molar-refractivity contribution in [3.63, 3.8) is 0 Å². The van der Waals surface area contributed by atoms with E-state index in [0.717, 1.165) is 22.8 Å². The lowest BCUT2D eigenvalue weighted by atomic mass is 10.1. The first kappa shape index (κ1) is 16.5. The summed E-state index contributed by atoms with van der Waals surface area (Å²) in [7, 11) is -6.67. The van der Waals surface area contributed by atoms with Crippen molar-refractivity contribution >= 4 is 26.4 Å². The van der Waals surface area contributed by atoms with Gasteiger partial charge >= 0.3 is 0 Å². The molecule has 0 bridgehead atoms. The first-order valence-corrected chi connectivity index (χ1v) is 9.22. The average Bonchev–Trinajstić information content (AvgIpc) is 2.43. The summed E-state index contributed by atoms with van der Waals surface area (Å²) in [5, 5.41) is 0. The van der Waals surface area contributed by atoms with Crippen LogP contribution in [0.5, 0.6) is 0 Å². The minimum atomic E-state index is -3.84. The molecule has 0 radical (unpaired) electrons. The summed E-state index contributed by atoms with van der Waals surface area (Å²) in [4.78, 5) is -0.112. The number of aryl methyl sites for hydroxylation is 3. The lowest BCUT2D eigenvalue weighted by Gasteiger charge is -2.14. The van der Waals surface area contributed by atoms with E-state index in [4.69, 9.17) is 0 Å². The van der Waals surface area contributed by atoms with E-state index >= 15 is 0 Å². The minimum absolute atomic E-state index is 0.0322. The van der Waals surface area contributed by atoms with Crippen molar-refractivity contribution in [1.29, 1.82) is 0 Å². The van der Waals surface area contributed by atoms with Crippen LogP contribution in [-0.4, -0.2) is 16.8 Å². The van der Waals surface area contributed by atoms with Crippen molar-refractivity contribution < 1.29 is 16.8 Å². The number of benzene rings is 2. The maximum absolute atomic E-state index is 12.5. The summed E-state index contributed by atoms with van der Waals surface area (Å²) in [6.45, 7) is 5.58. The lowest BCUT2D eigenvalue weighted by Crippen LogP contribution is -2.15. The van der Waals surface area contributed by atoms with E-state index in [1.165, 1.54) is 18.2 Å². The van der Waals surface area contributed by atoms with Gasteiger partial charge in [0.15, 0.2) is 10.7 Å². The number of thiol groups is 1. The Morgan fingerprint density at radius 2 is 1.55 bits per heavy atom. The number of sulfonamides is 1. The molecule has 0 aliphatic rings. The summed E-state index contributed by atoms with van der Waals surface area (Å²) < 4.78 is 49.5. The van der Waals surface area contributed by atoms with Gasteiger partial charge in [-0.2, -0.15) is 0 Å². The minimum Gasteiger partial charge on any atom is -0.279 e. The van der Waals surface area contributed by atoms with Crippen LogP contribution in [0.3, 0.4) is 0 Å². The fourth-order valence-electron chi connectivity index (χ4n) is 2.30. The quantitative estimate of drug-likeness (QED) is 0.838. The molecule has 0 unspecified atom stereocenters. The van der Waals surface area contributed by atoms with Crippen molar-refractivity contribution in [2.75, 3.05) is 4.72 Å². The normalized spacial score (nSPS) is 11.6. The van der Waals surface area contributed by atoms with Crippen molar-refractivity contribution in [3.8, 4) is 0 Å². The maximum atomic E-state index is 12.5. The van der Waals surface area contributed by atoms with Gasteiger partial charge in [0, 0.05) is 0 Å². The molecule has 0 fully saturated rings. The van der Waals surface area contributed by atoms with Gasteiger partial charge < -0.3 is 0 Å². The highest BCUT2D eigenvalue weighted by Gasteiger charge is 2.17. The molecule has 0 spiro atoms. The summed E-state index contributed by atoms with van der Waals surface area (Å²) >= 11 is 0. The monoisotopic (exact) mass is 339 g/mol. The second-order valence-electron chi connectivity index (χ2n) is 5.13. The molecule has 118 valence electrons. The van der Waals surface area contributed by atoms with Gasteiger partial charge in [-0.1, -0.05) is 23.8 Å². The van der Waals surface area contributed by atoms with Crippen molar-refractivity contribution in [2.45, 2.75) is 30.6 Å². The third-order valence-corrected chi connectivity index (χ3v) is 5.30. The fourth-order valence-corrected chi connectivity index (χ4v) is 4.09. The number of nitrogens with one attached hydrogen (secondary N) is 1. The van der Waals surface area contributed by atoms with Gasteiger partial charge in [-0.05, 0) is 50.1 Å².